The van der Waals surface area contributed by atoms with Gasteiger partial charge in [0.15, 0.2) is 5.84 Å². The van der Waals surface area contributed by atoms with Crippen molar-refractivity contribution in [3.63, 3.8) is 0 Å². The van der Waals surface area contributed by atoms with Crippen molar-refractivity contribution in [1.29, 1.82) is 0 Å². The highest BCUT2D eigenvalue weighted by molar-refractivity contribution is 7.88. The molecule has 10 heteroatoms. The first-order valence-electron chi connectivity index (χ1n) is 6.82. The maximum absolute atomic E-state index is 12.0. The summed E-state index contributed by atoms with van der Waals surface area (Å²) >= 11 is 0. The van der Waals surface area contributed by atoms with Crippen molar-refractivity contribution in [2.45, 2.75) is 51.0 Å². The van der Waals surface area contributed by atoms with Gasteiger partial charge in [-0.05, 0) is 19.8 Å². The molecule has 0 bridgehead atoms. The number of amidine groups is 1. The molecule has 0 aliphatic heterocycles. The second kappa shape index (κ2) is 7.46. The molecular weight excluding hydrogens is 300 g/mol. The number of hydrogen-bond donors (Lipinski definition) is 4. The summed E-state index contributed by atoms with van der Waals surface area (Å²) in [6, 6.07) is 0. The summed E-state index contributed by atoms with van der Waals surface area (Å²) in [6.45, 7) is 1.61. The van der Waals surface area contributed by atoms with E-state index in [2.05, 4.69) is 14.6 Å². The molecule has 1 aliphatic rings. The average molecular weight is 322 g/mol. The third-order valence-electron chi connectivity index (χ3n) is 3.38. The fourth-order valence-electron chi connectivity index (χ4n) is 2.39. The van der Waals surface area contributed by atoms with E-state index in [0.717, 1.165) is 25.7 Å². The number of oxime groups is 1. The van der Waals surface area contributed by atoms with Crippen LogP contribution in [-0.2, 0) is 14.9 Å². The van der Waals surface area contributed by atoms with Gasteiger partial charge in [-0.15, -0.1) is 0 Å². The standard InChI is InChI=1S/C11H22N4O5S/c1-2-20-10(16)14-21(18,19)15-11(9(12)13-17)7-5-3-4-6-8-11/h15,17H,2-8H2,1H3,(H2,12,13)(H,14,16). The highest BCUT2D eigenvalue weighted by atomic mass is 32.2. The zero-order valence-electron chi connectivity index (χ0n) is 12.0. The predicted octanol–water partition coefficient (Wildman–Crippen LogP) is 0.406. The lowest BCUT2D eigenvalue weighted by Crippen LogP contribution is -2.60. The molecular formula is C11H22N4O5S. The van der Waals surface area contributed by atoms with E-state index < -0.39 is 21.8 Å². The molecule has 122 valence electrons. The number of nitrogens with zero attached hydrogens (tertiary/aromatic N) is 1. The minimum absolute atomic E-state index is 0.0483. The molecule has 0 spiro atoms. The van der Waals surface area contributed by atoms with Gasteiger partial charge in [0.05, 0.1) is 12.1 Å². The molecule has 1 fully saturated rings. The first-order valence-corrected chi connectivity index (χ1v) is 8.30. The van der Waals surface area contributed by atoms with E-state index in [4.69, 9.17) is 10.9 Å². The monoisotopic (exact) mass is 322 g/mol. The van der Waals surface area contributed by atoms with Gasteiger partial charge in [-0.3, -0.25) is 0 Å². The zero-order valence-corrected chi connectivity index (χ0v) is 12.8. The lowest BCUT2D eigenvalue weighted by molar-refractivity contribution is 0.158. The van der Waals surface area contributed by atoms with Crippen LogP contribution in [0.15, 0.2) is 5.16 Å². The Morgan fingerprint density at radius 2 is 1.90 bits per heavy atom. The quantitative estimate of drug-likeness (QED) is 0.190. The smallest absolute Gasteiger partial charge is 0.421 e. The van der Waals surface area contributed by atoms with Crippen LogP contribution in [0.5, 0.6) is 0 Å². The SMILES string of the molecule is CCOC(=O)NS(=O)(=O)NC1(C(N)=NO)CCCCCC1. The number of rotatable bonds is 5. The number of hydrogen-bond acceptors (Lipinski definition) is 6. The van der Waals surface area contributed by atoms with Crippen molar-refractivity contribution in [1.82, 2.24) is 9.44 Å². The highest BCUT2D eigenvalue weighted by Gasteiger charge is 2.40. The van der Waals surface area contributed by atoms with Crippen LogP contribution in [-0.4, -0.2) is 37.7 Å². The second-order valence-electron chi connectivity index (χ2n) is 4.91. The summed E-state index contributed by atoms with van der Waals surface area (Å²) in [5, 5.41) is 11.9. The highest BCUT2D eigenvalue weighted by Crippen LogP contribution is 2.28. The average Bonchev–Trinajstić information content (AvgIpc) is 2.63. The molecule has 0 unspecified atom stereocenters. The molecule has 1 aliphatic carbocycles. The van der Waals surface area contributed by atoms with Crippen molar-refractivity contribution in [3.8, 4) is 0 Å². The molecule has 0 atom stereocenters. The maximum atomic E-state index is 12.0. The number of ether oxygens (including phenoxy) is 1. The van der Waals surface area contributed by atoms with Crippen LogP contribution in [0, 0.1) is 0 Å². The number of nitrogens with two attached hydrogens (primary N) is 1. The molecule has 0 heterocycles. The van der Waals surface area contributed by atoms with Crippen molar-refractivity contribution in [2.24, 2.45) is 10.9 Å². The Labute approximate surface area is 124 Å². The van der Waals surface area contributed by atoms with Gasteiger partial charge in [-0.25, -0.2) is 9.52 Å². The second-order valence-corrected chi connectivity index (χ2v) is 6.32. The topological polar surface area (TPSA) is 143 Å². The van der Waals surface area contributed by atoms with E-state index in [-0.39, 0.29) is 12.4 Å². The Morgan fingerprint density at radius 3 is 2.38 bits per heavy atom. The number of carbonyl (C=O) groups is 1. The normalized spacial score (nSPS) is 19.6. The zero-order chi connectivity index (χ0) is 15.9. The van der Waals surface area contributed by atoms with Crippen LogP contribution < -0.4 is 15.2 Å². The van der Waals surface area contributed by atoms with Gasteiger partial charge < -0.3 is 15.7 Å². The fraction of sp³-hybridized carbons (Fsp3) is 0.818. The van der Waals surface area contributed by atoms with Gasteiger partial charge in [0.2, 0.25) is 0 Å². The van der Waals surface area contributed by atoms with Gasteiger partial charge in [-0.1, -0.05) is 30.8 Å². The fourth-order valence-corrected chi connectivity index (χ4v) is 3.54. The summed E-state index contributed by atoms with van der Waals surface area (Å²) in [6.07, 6.45) is 3.06. The summed E-state index contributed by atoms with van der Waals surface area (Å²) in [5.74, 6) is -0.210. The van der Waals surface area contributed by atoms with Gasteiger partial charge in [0.25, 0.3) is 0 Å². The molecule has 1 rings (SSSR count). The van der Waals surface area contributed by atoms with E-state index in [1.165, 1.54) is 0 Å². The van der Waals surface area contributed by atoms with Gasteiger partial charge >= 0.3 is 16.3 Å². The molecule has 0 aromatic rings. The van der Waals surface area contributed by atoms with Gasteiger partial charge in [0, 0.05) is 0 Å². The molecule has 0 radical (unpaired) electrons. The Bertz CT molecular complexity index is 483. The lowest BCUT2D eigenvalue weighted by Gasteiger charge is -2.31. The lowest BCUT2D eigenvalue weighted by atomic mass is 9.90. The first-order chi connectivity index (χ1) is 9.85. The van der Waals surface area contributed by atoms with Gasteiger partial charge in [0.1, 0.15) is 0 Å². The summed E-state index contributed by atoms with van der Waals surface area (Å²) in [7, 11) is -4.18. The molecule has 0 aromatic carbocycles. The largest absolute Gasteiger partial charge is 0.449 e. The Morgan fingerprint density at radius 1 is 1.33 bits per heavy atom. The molecule has 0 saturated heterocycles. The Kier molecular flexibility index (Phi) is 6.21. The summed E-state index contributed by atoms with van der Waals surface area (Å²) in [4.78, 5) is 11.2. The summed E-state index contributed by atoms with van der Waals surface area (Å²) < 4.78 is 32.6. The minimum Gasteiger partial charge on any atom is -0.449 e. The van der Waals surface area contributed by atoms with Crippen LogP contribution in [0.2, 0.25) is 0 Å². The van der Waals surface area contributed by atoms with E-state index in [1.807, 2.05) is 0 Å². The number of carbonyl (C=O) groups excluding carboxylic acids is 1. The Hall–Kier alpha value is -1.55. The van der Waals surface area contributed by atoms with E-state index in [1.54, 1.807) is 11.6 Å². The molecule has 1 amide bonds. The summed E-state index contributed by atoms with van der Waals surface area (Å²) in [5.41, 5.74) is 4.49. The van der Waals surface area contributed by atoms with Crippen LogP contribution >= 0.6 is 0 Å². The number of amides is 1. The Balaban J connectivity index is 2.92. The van der Waals surface area contributed by atoms with Crippen LogP contribution in [0.1, 0.15) is 45.4 Å². The minimum atomic E-state index is -4.18. The van der Waals surface area contributed by atoms with Gasteiger partial charge in [-0.2, -0.15) is 13.1 Å². The van der Waals surface area contributed by atoms with Crippen LogP contribution in [0.4, 0.5) is 4.79 Å². The van der Waals surface area contributed by atoms with Crippen LogP contribution in [0.25, 0.3) is 0 Å². The number of nitrogens with one attached hydrogen (secondary N) is 2. The van der Waals surface area contributed by atoms with E-state index in [0.29, 0.717) is 12.8 Å². The molecule has 21 heavy (non-hydrogen) atoms. The maximum Gasteiger partial charge on any atom is 0.421 e. The third-order valence-corrected chi connectivity index (χ3v) is 4.47. The van der Waals surface area contributed by atoms with Crippen LogP contribution in [0.3, 0.4) is 0 Å². The predicted molar refractivity (Wildman–Crippen MR) is 76.1 cm³/mol. The van der Waals surface area contributed by atoms with Crippen molar-refractivity contribution in [3.05, 3.63) is 0 Å². The molecule has 9 nitrogen and oxygen atoms in total. The van der Waals surface area contributed by atoms with Crippen molar-refractivity contribution in [2.75, 3.05) is 6.61 Å². The van der Waals surface area contributed by atoms with Crippen molar-refractivity contribution < 1.29 is 23.2 Å². The van der Waals surface area contributed by atoms with E-state index in [9.17, 15) is 13.2 Å². The first kappa shape index (κ1) is 17.5. The molecule has 0 aromatic heterocycles. The third kappa shape index (κ3) is 5.05. The van der Waals surface area contributed by atoms with E-state index >= 15 is 0 Å². The van der Waals surface area contributed by atoms with Crippen molar-refractivity contribution >= 4 is 22.1 Å². The molecule has 1 saturated carbocycles. The molecule has 5 N–H and O–H groups in total.